The third kappa shape index (κ3) is 6.33. The lowest BCUT2D eigenvalue weighted by Gasteiger charge is -2.15. The van der Waals surface area contributed by atoms with Crippen molar-refractivity contribution in [3.05, 3.63) is 51.6 Å². The highest BCUT2D eigenvalue weighted by Gasteiger charge is 2.40. The largest absolute Gasteiger partial charge is 0.496 e. The number of aryl methyl sites for hydroxylation is 1. The van der Waals surface area contributed by atoms with Crippen LogP contribution in [0.25, 0.3) is 10.9 Å². The zero-order chi connectivity index (χ0) is 29.8. The van der Waals surface area contributed by atoms with Crippen molar-refractivity contribution in [2.45, 2.75) is 43.9 Å². The van der Waals surface area contributed by atoms with Gasteiger partial charge in [0, 0.05) is 20.7 Å². The van der Waals surface area contributed by atoms with Gasteiger partial charge in [0.05, 0.1) is 38.9 Å². The van der Waals surface area contributed by atoms with Crippen LogP contribution in [0.3, 0.4) is 0 Å². The van der Waals surface area contributed by atoms with Crippen LogP contribution in [0.5, 0.6) is 17.2 Å². The van der Waals surface area contributed by atoms with Crippen LogP contribution in [-0.2, 0) is 21.2 Å². The number of carbonyl (C=O) groups is 1. The quantitative estimate of drug-likeness (QED) is 0.179. The fraction of sp³-hybridized carbons (Fsp3) is 0.423. The van der Waals surface area contributed by atoms with Crippen LogP contribution < -0.4 is 19.5 Å². The van der Waals surface area contributed by atoms with Crippen molar-refractivity contribution in [3.8, 4) is 17.2 Å². The van der Waals surface area contributed by atoms with E-state index in [0.717, 1.165) is 11.6 Å². The number of methoxy groups -OCH3 is 3. The molecule has 0 aliphatic rings. The molecule has 0 aliphatic carbocycles. The highest BCUT2D eigenvalue weighted by atomic mass is 32.2. The number of amides is 1. The lowest BCUT2D eigenvalue weighted by molar-refractivity contribution is -0.390. The van der Waals surface area contributed by atoms with Crippen LogP contribution in [0.15, 0.2) is 35.2 Å². The molecule has 0 bridgehead atoms. The summed E-state index contributed by atoms with van der Waals surface area (Å²) in [5, 5.41) is 15.3. The standard InChI is InChI=1S/C26H35N3O9SSi/c1-17-8-10-18(11-9-17)39(33,34)28-23-22(20(35-2)16-21(36-3)24(23)37-4)19(25(28)29(31)32)12-13-27-26(30)38-14-15-40(5,6)7/h8-11,16H,12-15H2,1-7H3,(H,27,30). The second-order valence-electron chi connectivity index (χ2n) is 10.3. The van der Waals surface area contributed by atoms with Gasteiger partial charge in [0.1, 0.15) is 10.6 Å². The highest BCUT2D eigenvalue weighted by molar-refractivity contribution is 7.90. The van der Waals surface area contributed by atoms with Crippen LogP contribution in [0.2, 0.25) is 25.7 Å². The average Bonchev–Trinajstić information content (AvgIpc) is 3.23. The molecule has 1 N–H and O–H groups in total. The Morgan fingerprint density at radius 2 is 1.68 bits per heavy atom. The van der Waals surface area contributed by atoms with E-state index in [2.05, 4.69) is 25.0 Å². The summed E-state index contributed by atoms with van der Waals surface area (Å²) in [7, 11) is -1.89. The maximum atomic E-state index is 14.0. The summed E-state index contributed by atoms with van der Waals surface area (Å²) in [6.07, 6.45) is -0.763. The number of carbonyl (C=O) groups excluding carboxylic acids is 1. The number of nitrogens with one attached hydrogen (secondary N) is 1. The predicted molar refractivity (Wildman–Crippen MR) is 153 cm³/mol. The molecule has 0 fully saturated rings. The number of fused-ring (bicyclic) bond motifs is 1. The summed E-state index contributed by atoms with van der Waals surface area (Å²) < 4.78 is 50.3. The Bertz CT molecular complexity index is 1510. The number of rotatable bonds is 12. The van der Waals surface area contributed by atoms with Gasteiger partial charge in [-0.25, -0.2) is 4.79 Å². The summed E-state index contributed by atoms with van der Waals surface area (Å²) in [5.74, 6) is -0.465. The van der Waals surface area contributed by atoms with Crippen LogP contribution in [0.1, 0.15) is 11.1 Å². The smallest absolute Gasteiger partial charge is 0.407 e. The van der Waals surface area contributed by atoms with Gasteiger partial charge in [-0.1, -0.05) is 37.3 Å². The van der Waals surface area contributed by atoms with E-state index >= 15 is 0 Å². The van der Waals surface area contributed by atoms with Gasteiger partial charge in [-0.05, 0) is 36.4 Å². The second kappa shape index (κ2) is 12.2. The lowest BCUT2D eigenvalue weighted by Crippen LogP contribution is -2.29. The Morgan fingerprint density at radius 1 is 1.05 bits per heavy atom. The van der Waals surface area contributed by atoms with E-state index in [0.29, 0.717) is 3.97 Å². The number of hydrogen-bond donors (Lipinski definition) is 1. The number of nitrogens with zero attached hydrogens (tertiary/aromatic N) is 2. The van der Waals surface area contributed by atoms with E-state index in [4.69, 9.17) is 18.9 Å². The first-order chi connectivity index (χ1) is 18.8. The number of alkyl carbamates (subject to hydrolysis) is 1. The Morgan fingerprint density at radius 3 is 2.20 bits per heavy atom. The molecule has 1 amide bonds. The van der Waals surface area contributed by atoms with Gasteiger partial charge in [0.25, 0.3) is 0 Å². The number of benzene rings is 2. The summed E-state index contributed by atoms with van der Waals surface area (Å²) in [5.41, 5.74) is 0.741. The van der Waals surface area contributed by atoms with Crippen molar-refractivity contribution in [2.75, 3.05) is 34.5 Å². The van der Waals surface area contributed by atoms with Crippen LogP contribution >= 0.6 is 0 Å². The SMILES string of the molecule is COc1cc(OC)c2c(CCNC(=O)OCC[Si](C)(C)C)c([N+](=O)[O-])n(S(=O)(=O)c3ccc(C)cc3)c2c1OC. The highest BCUT2D eigenvalue weighted by Crippen LogP contribution is 2.48. The van der Waals surface area contributed by atoms with Gasteiger partial charge in [-0.15, -0.1) is 3.97 Å². The van der Waals surface area contributed by atoms with Gasteiger partial charge in [-0.2, -0.15) is 8.42 Å². The van der Waals surface area contributed by atoms with Crippen molar-refractivity contribution >= 4 is 40.9 Å². The molecule has 0 atom stereocenters. The van der Waals surface area contributed by atoms with Crippen molar-refractivity contribution in [2.24, 2.45) is 0 Å². The maximum absolute atomic E-state index is 14.0. The van der Waals surface area contributed by atoms with Crippen LogP contribution in [0.4, 0.5) is 10.6 Å². The van der Waals surface area contributed by atoms with E-state index < -0.39 is 34.9 Å². The molecular formula is C26H35N3O9SSi. The van der Waals surface area contributed by atoms with E-state index in [-0.39, 0.29) is 58.2 Å². The molecular weight excluding hydrogens is 558 g/mol. The van der Waals surface area contributed by atoms with Crippen molar-refractivity contribution in [1.29, 1.82) is 0 Å². The summed E-state index contributed by atoms with van der Waals surface area (Å²) in [4.78, 5) is 23.9. The number of hydrogen-bond acceptors (Lipinski definition) is 9. The fourth-order valence-corrected chi connectivity index (χ4v) is 6.42. The molecule has 0 aliphatic heterocycles. The van der Waals surface area contributed by atoms with Crippen molar-refractivity contribution < 1.29 is 37.1 Å². The Labute approximate surface area is 234 Å². The number of ether oxygens (including phenoxy) is 4. The molecule has 3 aromatic rings. The van der Waals surface area contributed by atoms with Crippen LogP contribution in [0, 0.1) is 17.0 Å². The fourth-order valence-electron chi connectivity index (χ4n) is 4.20. The minimum Gasteiger partial charge on any atom is -0.496 e. The zero-order valence-corrected chi connectivity index (χ0v) is 25.5. The molecule has 218 valence electrons. The minimum absolute atomic E-state index is 0.0259. The Balaban J connectivity index is 2.21. The van der Waals surface area contributed by atoms with Crippen LogP contribution in [-0.4, -0.2) is 66.0 Å². The topological polar surface area (TPSA) is 148 Å². The summed E-state index contributed by atoms with van der Waals surface area (Å²) >= 11 is 0. The Kier molecular flexibility index (Phi) is 9.35. The normalized spacial score (nSPS) is 11.8. The molecule has 3 rings (SSSR count). The molecule has 12 nitrogen and oxygen atoms in total. The van der Waals surface area contributed by atoms with E-state index in [1.165, 1.54) is 39.5 Å². The first kappa shape index (κ1) is 30.8. The molecule has 0 spiro atoms. The average molecular weight is 594 g/mol. The molecule has 40 heavy (non-hydrogen) atoms. The monoisotopic (exact) mass is 593 g/mol. The molecule has 0 saturated carbocycles. The number of aromatic nitrogens is 1. The summed E-state index contributed by atoms with van der Waals surface area (Å²) in [6, 6.07) is 8.21. The second-order valence-corrected chi connectivity index (χ2v) is 17.7. The van der Waals surface area contributed by atoms with E-state index in [1.54, 1.807) is 19.1 Å². The maximum Gasteiger partial charge on any atom is 0.407 e. The molecule has 0 radical (unpaired) electrons. The number of nitro groups is 1. The van der Waals surface area contributed by atoms with Crippen molar-refractivity contribution in [1.82, 2.24) is 9.29 Å². The zero-order valence-electron chi connectivity index (χ0n) is 23.7. The predicted octanol–water partition coefficient (Wildman–Crippen LogP) is 4.73. The molecule has 1 heterocycles. The molecule has 14 heteroatoms. The third-order valence-corrected chi connectivity index (χ3v) is 9.67. The van der Waals surface area contributed by atoms with Gasteiger partial charge in [0.15, 0.2) is 5.75 Å². The van der Waals surface area contributed by atoms with Gasteiger partial charge in [-0.3, -0.25) is 0 Å². The molecule has 2 aromatic carbocycles. The van der Waals surface area contributed by atoms with E-state index in [9.17, 15) is 23.3 Å². The third-order valence-electron chi connectivity index (χ3n) is 6.26. The lowest BCUT2D eigenvalue weighted by atomic mass is 10.1. The minimum atomic E-state index is -4.51. The Hall–Kier alpha value is -3.78. The first-order valence-corrected chi connectivity index (χ1v) is 17.6. The van der Waals surface area contributed by atoms with Crippen molar-refractivity contribution in [3.63, 3.8) is 0 Å². The molecule has 1 aromatic heterocycles. The molecule has 0 saturated heterocycles. The van der Waals surface area contributed by atoms with Gasteiger partial charge in [0.2, 0.25) is 11.3 Å². The van der Waals surface area contributed by atoms with Gasteiger partial charge >= 0.3 is 21.9 Å². The summed E-state index contributed by atoms with van der Waals surface area (Å²) in [6.45, 7) is 8.47. The molecule has 0 unspecified atom stereocenters. The first-order valence-electron chi connectivity index (χ1n) is 12.5. The van der Waals surface area contributed by atoms with E-state index in [1.807, 2.05) is 0 Å². The van der Waals surface area contributed by atoms with Gasteiger partial charge < -0.3 is 34.4 Å².